The molecule has 0 radical (unpaired) electrons. The molecule has 0 saturated carbocycles. The van der Waals surface area contributed by atoms with E-state index in [4.69, 9.17) is 44.3 Å². The lowest BCUT2D eigenvalue weighted by molar-refractivity contribution is -0.139. The van der Waals surface area contributed by atoms with Gasteiger partial charge in [-0.05, 0) is 42.8 Å². The lowest BCUT2D eigenvalue weighted by Crippen LogP contribution is -2.48. The van der Waals surface area contributed by atoms with E-state index in [2.05, 4.69) is 5.32 Å². The minimum atomic E-state index is -0.777. The number of hydrogen-bond donors (Lipinski definition) is 1. The Labute approximate surface area is 189 Å². The van der Waals surface area contributed by atoms with Crippen molar-refractivity contribution in [2.75, 3.05) is 20.3 Å². The van der Waals surface area contributed by atoms with Crippen molar-refractivity contribution in [1.82, 2.24) is 10.2 Å². The lowest BCUT2D eigenvalue weighted by atomic mass is 9.94. The molecule has 1 aliphatic heterocycles. The van der Waals surface area contributed by atoms with Crippen LogP contribution in [0.25, 0.3) is 0 Å². The quantitative estimate of drug-likeness (QED) is 0.588. The van der Waals surface area contributed by atoms with Crippen molar-refractivity contribution in [2.24, 2.45) is 0 Å². The van der Waals surface area contributed by atoms with Crippen molar-refractivity contribution >= 4 is 46.8 Å². The molecule has 0 spiro atoms. The largest absolute Gasteiger partial charge is 0.487 e. The second-order valence-electron chi connectivity index (χ2n) is 6.44. The first-order valence-electron chi connectivity index (χ1n) is 9.09. The number of rotatable bonds is 6. The van der Waals surface area contributed by atoms with E-state index in [1.165, 1.54) is 4.90 Å². The molecule has 9 heteroatoms. The number of likely N-dealkylation sites (N-methyl/N-ethyl adjacent to an activating group) is 1. The van der Waals surface area contributed by atoms with Crippen LogP contribution in [0, 0.1) is 0 Å². The Balaban J connectivity index is 2.05. The molecule has 1 aliphatic rings. The van der Waals surface area contributed by atoms with Crippen LogP contribution in [0.3, 0.4) is 0 Å². The van der Waals surface area contributed by atoms with Crippen LogP contribution in [-0.4, -0.2) is 37.2 Å². The lowest BCUT2D eigenvalue weighted by Gasteiger charge is -2.34. The third kappa shape index (κ3) is 4.83. The highest BCUT2D eigenvalue weighted by atomic mass is 35.5. The number of carbonyl (C=O) groups excluding carboxylic acids is 2. The van der Waals surface area contributed by atoms with E-state index < -0.39 is 18.0 Å². The van der Waals surface area contributed by atoms with E-state index >= 15 is 0 Å². The van der Waals surface area contributed by atoms with Crippen molar-refractivity contribution in [3.05, 3.63) is 74.4 Å². The molecule has 0 bridgehead atoms. The van der Waals surface area contributed by atoms with Gasteiger partial charge in [-0.2, -0.15) is 0 Å². The zero-order valence-corrected chi connectivity index (χ0v) is 18.5. The number of urea groups is 1. The summed E-state index contributed by atoms with van der Waals surface area (Å²) >= 11 is 18.2. The molecule has 1 N–H and O–H groups in total. The standard InChI is InChI=1S/C21H19Cl3N2O4/c1-3-29-20(27)18-17(11-30-14-6-4-5-13(22)10-14)26(2)21(28)25-19(18)12-7-8-15(23)16(24)9-12/h4-10,19H,3,11H2,1-2H3,(H,25,28)/t19-/m0/s1. The fraction of sp³-hybridized carbons (Fsp3) is 0.238. The predicted molar refractivity (Wildman–Crippen MR) is 116 cm³/mol. The number of nitrogens with zero attached hydrogens (tertiary/aromatic N) is 1. The van der Waals surface area contributed by atoms with Crippen LogP contribution >= 0.6 is 34.8 Å². The molecule has 0 saturated heterocycles. The summed E-state index contributed by atoms with van der Waals surface area (Å²) in [6.07, 6.45) is 0. The molecular formula is C21H19Cl3N2O4. The molecule has 0 aromatic heterocycles. The number of esters is 1. The summed E-state index contributed by atoms with van der Waals surface area (Å²) in [5, 5.41) is 3.99. The average Bonchev–Trinajstić information content (AvgIpc) is 2.71. The minimum Gasteiger partial charge on any atom is -0.487 e. The Morgan fingerprint density at radius 1 is 1.13 bits per heavy atom. The molecule has 1 atom stereocenters. The highest BCUT2D eigenvalue weighted by Gasteiger charge is 2.37. The molecule has 30 heavy (non-hydrogen) atoms. The number of ether oxygens (including phenoxy) is 2. The second kappa shape index (κ2) is 9.60. The fourth-order valence-electron chi connectivity index (χ4n) is 3.03. The zero-order valence-electron chi connectivity index (χ0n) is 16.2. The number of carbonyl (C=O) groups is 2. The van der Waals surface area contributed by atoms with Gasteiger partial charge in [-0.25, -0.2) is 9.59 Å². The molecule has 158 valence electrons. The van der Waals surface area contributed by atoms with Crippen LogP contribution in [0.4, 0.5) is 4.79 Å². The van der Waals surface area contributed by atoms with Gasteiger partial charge in [0.15, 0.2) is 0 Å². The van der Waals surface area contributed by atoms with Gasteiger partial charge in [0.05, 0.1) is 34.0 Å². The Morgan fingerprint density at radius 3 is 2.57 bits per heavy atom. The van der Waals surface area contributed by atoms with Crippen molar-refractivity contribution in [3.63, 3.8) is 0 Å². The second-order valence-corrected chi connectivity index (χ2v) is 7.69. The molecule has 6 nitrogen and oxygen atoms in total. The van der Waals surface area contributed by atoms with Crippen LogP contribution in [0.15, 0.2) is 53.7 Å². The molecule has 2 amide bonds. The van der Waals surface area contributed by atoms with Gasteiger partial charge in [0.2, 0.25) is 0 Å². The molecule has 0 unspecified atom stereocenters. The van der Waals surface area contributed by atoms with Crippen molar-refractivity contribution in [2.45, 2.75) is 13.0 Å². The van der Waals surface area contributed by atoms with Gasteiger partial charge in [0.1, 0.15) is 12.4 Å². The third-order valence-electron chi connectivity index (χ3n) is 4.52. The van der Waals surface area contributed by atoms with Gasteiger partial charge in [-0.1, -0.05) is 46.9 Å². The van der Waals surface area contributed by atoms with Gasteiger partial charge < -0.3 is 14.8 Å². The third-order valence-corrected chi connectivity index (χ3v) is 5.49. The Bertz CT molecular complexity index is 1010. The smallest absolute Gasteiger partial charge is 0.338 e. The van der Waals surface area contributed by atoms with Crippen molar-refractivity contribution in [3.8, 4) is 5.75 Å². The van der Waals surface area contributed by atoms with Gasteiger partial charge in [0.25, 0.3) is 0 Å². The van der Waals surface area contributed by atoms with E-state index in [1.807, 2.05) is 0 Å². The molecule has 3 rings (SSSR count). The normalized spacial score (nSPS) is 16.4. The summed E-state index contributed by atoms with van der Waals surface area (Å²) < 4.78 is 11.1. The average molecular weight is 470 g/mol. The van der Waals surface area contributed by atoms with Crippen LogP contribution in [0.5, 0.6) is 5.75 Å². The maximum atomic E-state index is 12.9. The Hall–Kier alpha value is -2.41. The van der Waals surface area contributed by atoms with Gasteiger partial charge in [0, 0.05) is 12.1 Å². The SMILES string of the molecule is CCOC(=O)C1=C(COc2cccc(Cl)c2)N(C)C(=O)N[C@H]1c1ccc(Cl)c(Cl)c1. The van der Waals surface area contributed by atoms with E-state index in [1.54, 1.807) is 56.4 Å². The highest BCUT2D eigenvalue weighted by Crippen LogP contribution is 2.34. The van der Waals surface area contributed by atoms with E-state index in [-0.39, 0.29) is 18.8 Å². The molecule has 2 aromatic carbocycles. The maximum absolute atomic E-state index is 12.9. The summed E-state index contributed by atoms with van der Waals surface area (Å²) in [4.78, 5) is 26.8. The summed E-state index contributed by atoms with van der Waals surface area (Å²) in [5.74, 6) is -0.0613. The van der Waals surface area contributed by atoms with Gasteiger partial charge in [-0.3, -0.25) is 4.90 Å². The van der Waals surface area contributed by atoms with Crippen LogP contribution in [0.2, 0.25) is 15.1 Å². The van der Waals surface area contributed by atoms with Crippen molar-refractivity contribution in [1.29, 1.82) is 0 Å². The first-order chi connectivity index (χ1) is 14.3. The van der Waals surface area contributed by atoms with Crippen LogP contribution in [-0.2, 0) is 9.53 Å². The van der Waals surface area contributed by atoms with Gasteiger partial charge >= 0.3 is 12.0 Å². The summed E-state index contributed by atoms with van der Waals surface area (Å²) in [7, 11) is 1.55. The molecular weight excluding hydrogens is 451 g/mol. The predicted octanol–water partition coefficient (Wildman–Crippen LogP) is 5.24. The Morgan fingerprint density at radius 2 is 1.90 bits per heavy atom. The monoisotopic (exact) mass is 468 g/mol. The molecule has 1 heterocycles. The van der Waals surface area contributed by atoms with E-state index in [9.17, 15) is 9.59 Å². The first-order valence-corrected chi connectivity index (χ1v) is 10.2. The fourth-order valence-corrected chi connectivity index (χ4v) is 3.52. The first kappa shape index (κ1) is 22.3. The van der Waals surface area contributed by atoms with Gasteiger partial charge in [-0.15, -0.1) is 0 Å². The van der Waals surface area contributed by atoms with E-state index in [0.717, 1.165) is 0 Å². The zero-order chi connectivity index (χ0) is 21.8. The topological polar surface area (TPSA) is 67.9 Å². The summed E-state index contributed by atoms with van der Waals surface area (Å²) in [6, 6.07) is 10.6. The summed E-state index contributed by atoms with van der Waals surface area (Å²) in [6.45, 7) is 1.84. The number of amides is 2. The number of benzene rings is 2. The highest BCUT2D eigenvalue weighted by molar-refractivity contribution is 6.42. The molecule has 0 aliphatic carbocycles. The number of nitrogens with one attached hydrogen (secondary N) is 1. The number of halogens is 3. The minimum absolute atomic E-state index is 0.0454. The van der Waals surface area contributed by atoms with Crippen LogP contribution < -0.4 is 10.1 Å². The number of hydrogen-bond acceptors (Lipinski definition) is 4. The molecule has 2 aromatic rings. The summed E-state index contributed by atoms with van der Waals surface area (Å²) in [5.41, 5.74) is 1.21. The van der Waals surface area contributed by atoms with E-state index in [0.29, 0.717) is 32.1 Å². The van der Waals surface area contributed by atoms with Crippen LogP contribution in [0.1, 0.15) is 18.5 Å². The maximum Gasteiger partial charge on any atom is 0.338 e. The molecule has 0 fully saturated rings. The Kier molecular flexibility index (Phi) is 7.13. The van der Waals surface area contributed by atoms with Crippen molar-refractivity contribution < 1.29 is 19.1 Å².